The van der Waals surface area contributed by atoms with Gasteiger partial charge in [0.25, 0.3) is 5.79 Å². The fourth-order valence-corrected chi connectivity index (χ4v) is 1.30. The van der Waals surface area contributed by atoms with E-state index in [-0.39, 0.29) is 11.6 Å². The standard InChI is InChI=1S/C10H11N3O4/c1-10(2)16-8(14)7(9(15)17-10)5-11-6-3-12-13-4-6/h3-6,11H,1-2H3. The Morgan fingerprint density at radius 1 is 1.24 bits per heavy atom. The summed E-state index contributed by atoms with van der Waals surface area (Å²) in [6.45, 7) is 2.98. The van der Waals surface area contributed by atoms with Gasteiger partial charge in [-0.05, 0) is 0 Å². The molecule has 1 N–H and O–H groups in total. The van der Waals surface area contributed by atoms with Crippen molar-refractivity contribution in [1.82, 2.24) is 5.32 Å². The highest BCUT2D eigenvalue weighted by atomic mass is 16.7. The van der Waals surface area contributed by atoms with Crippen LogP contribution in [-0.4, -0.2) is 36.2 Å². The number of hydrogen-bond acceptors (Lipinski definition) is 7. The van der Waals surface area contributed by atoms with Gasteiger partial charge in [0.05, 0.1) is 12.4 Å². The average molecular weight is 237 g/mol. The van der Waals surface area contributed by atoms with Crippen molar-refractivity contribution in [2.75, 3.05) is 0 Å². The van der Waals surface area contributed by atoms with Crippen molar-refractivity contribution in [3.8, 4) is 0 Å². The third kappa shape index (κ3) is 2.49. The average Bonchev–Trinajstić information content (AvgIpc) is 2.67. The molecule has 0 saturated carbocycles. The van der Waals surface area contributed by atoms with Crippen LogP contribution in [0.15, 0.2) is 22.0 Å². The fraction of sp³-hybridized carbons (Fsp3) is 0.400. The van der Waals surface area contributed by atoms with Crippen LogP contribution in [0.25, 0.3) is 0 Å². The number of nitrogens with zero attached hydrogens (tertiary/aromatic N) is 2. The molecule has 0 spiro atoms. The summed E-state index contributed by atoms with van der Waals surface area (Å²) in [5, 5.41) is 10.00. The number of carbonyl (C=O) groups is 2. The number of hydrogen-bond donors (Lipinski definition) is 1. The SMILES string of the molecule is CC1(C)OC(=O)C(=CNC2C=NN=C2)C(=O)O1. The first-order valence-corrected chi connectivity index (χ1v) is 4.97. The summed E-state index contributed by atoms with van der Waals surface area (Å²) in [4.78, 5) is 23.1. The summed E-state index contributed by atoms with van der Waals surface area (Å²) in [6, 6.07) is -0.238. The number of nitrogens with one attached hydrogen (secondary N) is 1. The quantitative estimate of drug-likeness (QED) is 0.406. The number of rotatable bonds is 2. The van der Waals surface area contributed by atoms with E-state index >= 15 is 0 Å². The molecule has 0 aromatic carbocycles. The van der Waals surface area contributed by atoms with E-state index in [1.165, 1.54) is 32.5 Å². The van der Waals surface area contributed by atoms with Gasteiger partial charge in [-0.1, -0.05) is 0 Å². The Morgan fingerprint density at radius 3 is 2.29 bits per heavy atom. The van der Waals surface area contributed by atoms with E-state index in [4.69, 9.17) is 9.47 Å². The zero-order valence-electron chi connectivity index (χ0n) is 9.34. The molecule has 0 radical (unpaired) electrons. The highest BCUT2D eigenvalue weighted by Gasteiger charge is 2.38. The zero-order chi connectivity index (χ0) is 12.5. The van der Waals surface area contributed by atoms with Gasteiger partial charge < -0.3 is 14.8 Å². The molecule has 17 heavy (non-hydrogen) atoms. The second kappa shape index (κ2) is 4.00. The van der Waals surface area contributed by atoms with Crippen molar-refractivity contribution >= 4 is 24.4 Å². The third-order valence-electron chi connectivity index (χ3n) is 2.06. The minimum absolute atomic E-state index is 0.182. The second-order valence-corrected chi connectivity index (χ2v) is 3.96. The molecule has 7 heteroatoms. The topological polar surface area (TPSA) is 89.4 Å². The van der Waals surface area contributed by atoms with E-state index in [0.717, 1.165) is 0 Å². The maximum absolute atomic E-state index is 11.5. The minimum Gasteiger partial charge on any atom is -0.419 e. The summed E-state index contributed by atoms with van der Waals surface area (Å²) >= 11 is 0. The molecule has 0 amide bonds. The summed E-state index contributed by atoms with van der Waals surface area (Å²) in [7, 11) is 0. The van der Waals surface area contributed by atoms with Crippen molar-refractivity contribution in [2.24, 2.45) is 10.2 Å². The van der Waals surface area contributed by atoms with Gasteiger partial charge in [0.15, 0.2) is 5.57 Å². The van der Waals surface area contributed by atoms with E-state index in [2.05, 4.69) is 15.5 Å². The largest absolute Gasteiger partial charge is 0.419 e. The number of esters is 2. The molecule has 0 bridgehead atoms. The Balaban J connectivity index is 2.07. The second-order valence-electron chi connectivity index (χ2n) is 3.96. The Kier molecular flexibility index (Phi) is 2.66. The zero-order valence-corrected chi connectivity index (χ0v) is 9.34. The van der Waals surface area contributed by atoms with Crippen molar-refractivity contribution in [3.63, 3.8) is 0 Å². The lowest BCUT2D eigenvalue weighted by atomic mass is 10.2. The van der Waals surface area contributed by atoms with Crippen molar-refractivity contribution < 1.29 is 19.1 Å². The van der Waals surface area contributed by atoms with Crippen LogP contribution in [0.5, 0.6) is 0 Å². The Hall–Kier alpha value is -2.18. The molecule has 2 aliphatic rings. The fourth-order valence-electron chi connectivity index (χ4n) is 1.30. The monoisotopic (exact) mass is 237 g/mol. The molecule has 2 rings (SSSR count). The maximum Gasteiger partial charge on any atom is 0.350 e. The molecular weight excluding hydrogens is 226 g/mol. The molecule has 2 heterocycles. The van der Waals surface area contributed by atoms with Gasteiger partial charge in [0.1, 0.15) is 6.04 Å². The summed E-state index contributed by atoms with van der Waals surface area (Å²) in [5.41, 5.74) is -0.182. The first-order valence-electron chi connectivity index (χ1n) is 4.97. The Bertz CT molecular complexity index is 416. The molecule has 0 atom stereocenters. The van der Waals surface area contributed by atoms with E-state index in [1.54, 1.807) is 0 Å². The number of carbonyl (C=O) groups excluding carboxylic acids is 2. The van der Waals surface area contributed by atoms with Gasteiger partial charge >= 0.3 is 11.9 Å². The maximum atomic E-state index is 11.5. The molecule has 0 aromatic heterocycles. The van der Waals surface area contributed by atoms with Crippen molar-refractivity contribution in [1.29, 1.82) is 0 Å². The molecule has 90 valence electrons. The van der Waals surface area contributed by atoms with Gasteiger partial charge in [-0.2, -0.15) is 10.2 Å². The van der Waals surface area contributed by atoms with Crippen LogP contribution in [0.3, 0.4) is 0 Å². The van der Waals surface area contributed by atoms with Crippen LogP contribution in [-0.2, 0) is 19.1 Å². The first-order chi connectivity index (χ1) is 7.98. The molecule has 0 aromatic rings. The summed E-state index contributed by atoms with van der Waals surface area (Å²) in [6.07, 6.45) is 4.30. The molecule has 2 aliphatic heterocycles. The van der Waals surface area contributed by atoms with Gasteiger partial charge in [-0.3, -0.25) is 0 Å². The van der Waals surface area contributed by atoms with Gasteiger partial charge in [0.2, 0.25) is 0 Å². The van der Waals surface area contributed by atoms with Gasteiger partial charge in [-0.15, -0.1) is 0 Å². The van der Waals surface area contributed by atoms with E-state index in [9.17, 15) is 9.59 Å². The van der Waals surface area contributed by atoms with E-state index in [1.807, 2.05) is 0 Å². The minimum atomic E-state index is -1.22. The van der Waals surface area contributed by atoms with E-state index in [0.29, 0.717) is 0 Å². The van der Waals surface area contributed by atoms with Crippen molar-refractivity contribution in [3.05, 3.63) is 11.8 Å². The van der Waals surface area contributed by atoms with E-state index < -0.39 is 17.7 Å². The smallest absolute Gasteiger partial charge is 0.350 e. The lowest BCUT2D eigenvalue weighted by Crippen LogP contribution is -2.42. The lowest BCUT2D eigenvalue weighted by Gasteiger charge is -2.29. The summed E-state index contributed by atoms with van der Waals surface area (Å²) < 4.78 is 9.83. The van der Waals surface area contributed by atoms with Crippen LogP contribution < -0.4 is 5.32 Å². The van der Waals surface area contributed by atoms with Crippen LogP contribution in [0, 0.1) is 0 Å². The van der Waals surface area contributed by atoms with Crippen LogP contribution >= 0.6 is 0 Å². The van der Waals surface area contributed by atoms with Crippen LogP contribution in [0.2, 0.25) is 0 Å². The highest BCUT2D eigenvalue weighted by Crippen LogP contribution is 2.21. The predicted molar refractivity (Wildman–Crippen MR) is 58.3 cm³/mol. The first kappa shape index (κ1) is 11.3. The number of ether oxygens (including phenoxy) is 2. The molecule has 0 unspecified atom stereocenters. The number of cyclic esters (lactones) is 2. The van der Waals surface area contributed by atoms with Gasteiger partial charge in [-0.25, -0.2) is 9.59 Å². The predicted octanol–water partition coefficient (Wildman–Crippen LogP) is -0.265. The molecule has 1 saturated heterocycles. The Labute approximate surface area is 97.2 Å². The Morgan fingerprint density at radius 2 is 1.76 bits per heavy atom. The molecule has 0 aliphatic carbocycles. The molecule has 1 fully saturated rings. The summed E-state index contributed by atoms with van der Waals surface area (Å²) in [5.74, 6) is -2.65. The molecular formula is C10H11N3O4. The van der Waals surface area contributed by atoms with Crippen molar-refractivity contribution in [2.45, 2.75) is 25.7 Å². The van der Waals surface area contributed by atoms with Crippen LogP contribution in [0.4, 0.5) is 0 Å². The normalized spacial score (nSPS) is 22.4. The third-order valence-corrected chi connectivity index (χ3v) is 2.06. The molecule has 7 nitrogen and oxygen atoms in total. The lowest BCUT2D eigenvalue weighted by molar-refractivity contribution is -0.222. The highest BCUT2D eigenvalue weighted by molar-refractivity contribution is 6.15. The van der Waals surface area contributed by atoms with Crippen LogP contribution in [0.1, 0.15) is 13.8 Å². The van der Waals surface area contributed by atoms with Gasteiger partial charge in [0, 0.05) is 20.0 Å².